The van der Waals surface area contributed by atoms with Gasteiger partial charge in [0.05, 0.1) is 19.3 Å². The molecule has 0 aromatic carbocycles. The van der Waals surface area contributed by atoms with Crippen LogP contribution in [0.1, 0.15) is 6.42 Å². The zero-order chi connectivity index (χ0) is 14.0. The fourth-order valence-corrected chi connectivity index (χ4v) is 2.13. The minimum Gasteiger partial charge on any atom is -0.466 e. The van der Waals surface area contributed by atoms with E-state index < -0.39 is 30.5 Å². The monoisotopic (exact) mass is 271 g/mol. The molecule has 4 atom stereocenters. The number of carbonyl (C=O) groups excluding carboxylic acids is 1. The Morgan fingerprint density at radius 3 is 2.84 bits per heavy atom. The molecular weight excluding hydrogens is 254 g/mol. The average Bonchev–Trinajstić information content (AvgIpc) is 2.74. The van der Waals surface area contributed by atoms with E-state index in [0.29, 0.717) is 12.0 Å². The van der Waals surface area contributed by atoms with Gasteiger partial charge in [-0.05, 0) is 0 Å². The minimum atomic E-state index is -1.17. The Hall–Kier alpha value is -1.41. The van der Waals surface area contributed by atoms with Crippen molar-refractivity contribution in [3.05, 3.63) is 24.0 Å². The highest BCUT2D eigenvalue weighted by Gasteiger charge is 2.44. The van der Waals surface area contributed by atoms with E-state index in [2.05, 4.69) is 4.74 Å². The molecule has 0 aromatic rings. The standard InChI is InChI=1S/C12H17NO6/c1-18-12(17)7-3-2-4-13(5-7)11-10(16)9(15)8(6-14)19-11/h2,4-5,8-11,14-16H,3,6H2,1H3/t8-,9+,10+,11-/m1/s1. The summed E-state index contributed by atoms with van der Waals surface area (Å²) in [5.41, 5.74) is 0.419. The number of aliphatic hydroxyl groups is 3. The predicted molar refractivity (Wildman–Crippen MR) is 63.5 cm³/mol. The maximum atomic E-state index is 11.4. The van der Waals surface area contributed by atoms with Crippen LogP contribution in [0.15, 0.2) is 24.0 Å². The van der Waals surface area contributed by atoms with Crippen molar-refractivity contribution in [3.8, 4) is 0 Å². The molecule has 2 aliphatic rings. The van der Waals surface area contributed by atoms with E-state index in [1.807, 2.05) is 0 Å². The van der Waals surface area contributed by atoms with Crippen LogP contribution in [0.4, 0.5) is 0 Å². The second-order valence-corrected chi connectivity index (χ2v) is 4.41. The van der Waals surface area contributed by atoms with Gasteiger partial charge >= 0.3 is 5.97 Å². The van der Waals surface area contributed by atoms with Crippen molar-refractivity contribution >= 4 is 5.97 Å². The summed E-state index contributed by atoms with van der Waals surface area (Å²) in [6.07, 6.45) is 1.28. The van der Waals surface area contributed by atoms with Gasteiger partial charge in [-0.1, -0.05) is 6.08 Å². The summed E-state index contributed by atoms with van der Waals surface area (Å²) in [6.45, 7) is -0.389. The van der Waals surface area contributed by atoms with Gasteiger partial charge in [0.2, 0.25) is 0 Å². The molecule has 1 saturated heterocycles. The van der Waals surface area contributed by atoms with E-state index in [4.69, 9.17) is 9.84 Å². The molecule has 0 aliphatic carbocycles. The fraction of sp³-hybridized carbons (Fsp3) is 0.583. The zero-order valence-corrected chi connectivity index (χ0v) is 10.5. The molecule has 1 fully saturated rings. The van der Waals surface area contributed by atoms with E-state index >= 15 is 0 Å². The maximum Gasteiger partial charge on any atom is 0.335 e. The van der Waals surface area contributed by atoms with Crippen LogP contribution < -0.4 is 0 Å². The van der Waals surface area contributed by atoms with Crippen LogP contribution in [0, 0.1) is 0 Å². The molecule has 0 spiro atoms. The molecule has 7 nitrogen and oxygen atoms in total. The normalized spacial score (nSPS) is 34.3. The van der Waals surface area contributed by atoms with Crippen molar-refractivity contribution < 1.29 is 29.6 Å². The fourth-order valence-electron chi connectivity index (χ4n) is 2.13. The van der Waals surface area contributed by atoms with E-state index in [0.717, 1.165) is 0 Å². The number of nitrogens with zero attached hydrogens (tertiary/aromatic N) is 1. The molecule has 2 rings (SSSR count). The Bertz CT molecular complexity index is 407. The van der Waals surface area contributed by atoms with E-state index in [1.54, 1.807) is 12.3 Å². The molecule has 0 saturated carbocycles. The predicted octanol–water partition coefficient (Wildman–Crippen LogP) is -1.30. The molecule has 0 unspecified atom stereocenters. The van der Waals surface area contributed by atoms with Crippen LogP contribution in [0.25, 0.3) is 0 Å². The molecule has 2 heterocycles. The molecular formula is C12H17NO6. The number of hydrogen-bond donors (Lipinski definition) is 3. The number of rotatable bonds is 3. The second-order valence-electron chi connectivity index (χ2n) is 4.41. The number of ether oxygens (including phenoxy) is 2. The van der Waals surface area contributed by atoms with E-state index in [-0.39, 0.29) is 6.61 Å². The lowest BCUT2D eigenvalue weighted by Gasteiger charge is -2.28. The Morgan fingerprint density at radius 2 is 2.26 bits per heavy atom. The van der Waals surface area contributed by atoms with Crippen LogP contribution in [0.3, 0.4) is 0 Å². The summed E-state index contributed by atoms with van der Waals surface area (Å²) < 4.78 is 9.99. The first-order chi connectivity index (χ1) is 9.08. The smallest absolute Gasteiger partial charge is 0.335 e. The minimum absolute atomic E-state index is 0.389. The number of hydrogen-bond acceptors (Lipinski definition) is 7. The first-order valence-electron chi connectivity index (χ1n) is 5.94. The number of carbonyl (C=O) groups is 1. The summed E-state index contributed by atoms with van der Waals surface area (Å²) in [5.74, 6) is -0.457. The highest BCUT2D eigenvalue weighted by molar-refractivity contribution is 5.88. The third-order valence-electron chi connectivity index (χ3n) is 3.18. The highest BCUT2D eigenvalue weighted by Crippen LogP contribution is 2.27. The molecule has 106 valence electrons. The molecule has 3 N–H and O–H groups in total. The van der Waals surface area contributed by atoms with Gasteiger partial charge in [0.25, 0.3) is 0 Å². The van der Waals surface area contributed by atoms with Crippen LogP contribution in [0.2, 0.25) is 0 Å². The summed E-state index contributed by atoms with van der Waals surface area (Å²) in [7, 11) is 1.29. The van der Waals surface area contributed by atoms with Crippen molar-refractivity contribution in [2.45, 2.75) is 31.0 Å². The van der Waals surface area contributed by atoms with Crippen LogP contribution in [0.5, 0.6) is 0 Å². The number of methoxy groups -OCH3 is 1. The Morgan fingerprint density at radius 1 is 1.53 bits per heavy atom. The van der Waals surface area contributed by atoms with Crippen molar-refractivity contribution in [1.82, 2.24) is 4.90 Å². The number of esters is 1. The summed E-state index contributed by atoms with van der Waals surface area (Å²) in [5, 5.41) is 28.6. The van der Waals surface area contributed by atoms with Gasteiger partial charge < -0.3 is 29.7 Å². The zero-order valence-electron chi connectivity index (χ0n) is 10.5. The van der Waals surface area contributed by atoms with Crippen molar-refractivity contribution in [2.75, 3.05) is 13.7 Å². The molecule has 0 aromatic heterocycles. The first kappa shape index (κ1) is 14.0. The largest absolute Gasteiger partial charge is 0.466 e. The van der Waals surface area contributed by atoms with E-state index in [9.17, 15) is 15.0 Å². The molecule has 0 bridgehead atoms. The third-order valence-corrected chi connectivity index (χ3v) is 3.18. The third kappa shape index (κ3) is 2.64. The number of aliphatic hydroxyl groups excluding tert-OH is 3. The summed E-state index contributed by atoms with van der Waals surface area (Å²) >= 11 is 0. The Balaban J connectivity index is 2.14. The van der Waals surface area contributed by atoms with Gasteiger partial charge in [-0.3, -0.25) is 0 Å². The summed E-state index contributed by atoms with van der Waals surface area (Å²) in [4.78, 5) is 12.9. The van der Waals surface area contributed by atoms with Crippen molar-refractivity contribution in [3.63, 3.8) is 0 Å². The molecule has 0 amide bonds. The van der Waals surface area contributed by atoms with Crippen LogP contribution >= 0.6 is 0 Å². The van der Waals surface area contributed by atoms with Gasteiger partial charge in [0.1, 0.15) is 18.3 Å². The Kier molecular flexibility index (Phi) is 4.20. The first-order valence-corrected chi connectivity index (χ1v) is 5.94. The molecule has 7 heteroatoms. The number of allylic oxidation sites excluding steroid dienone is 1. The SMILES string of the molecule is COC(=O)C1=CN([C@@H]2O[C@H](CO)[C@H](O)[C@@H]2O)C=CC1. The lowest BCUT2D eigenvalue weighted by atomic mass is 10.1. The lowest BCUT2D eigenvalue weighted by Crippen LogP contribution is -2.40. The lowest BCUT2D eigenvalue weighted by molar-refractivity contribution is -0.136. The maximum absolute atomic E-state index is 11.4. The molecule has 2 aliphatic heterocycles. The van der Waals surface area contributed by atoms with Gasteiger partial charge in [-0.25, -0.2) is 4.79 Å². The van der Waals surface area contributed by atoms with E-state index in [1.165, 1.54) is 18.2 Å². The van der Waals surface area contributed by atoms with Crippen LogP contribution in [-0.2, 0) is 14.3 Å². The van der Waals surface area contributed by atoms with Gasteiger partial charge in [0, 0.05) is 18.8 Å². The quantitative estimate of drug-likeness (QED) is 0.549. The molecule has 0 radical (unpaired) electrons. The highest BCUT2D eigenvalue weighted by atomic mass is 16.6. The Labute approximate surface area is 110 Å². The van der Waals surface area contributed by atoms with Gasteiger partial charge in [-0.15, -0.1) is 0 Å². The van der Waals surface area contributed by atoms with Gasteiger partial charge in [-0.2, -0.15) is 0 Å². The van der Waals surface area contributed by atoms with Crippen LogP contribution in [-0.4, -0.2) is 64.4 Å². The average molecular weight is 271 g/mol. The van der Waals surface area contributed by atoms with Crippen molar-refractivity contribution in [2.24, 2.45) is 0 Å². The molecule has 19 heavy (non-hydrogen) atoms. The van der Waals surface area contributed by atoms with Crippen molar-refractivity contribution in [1.29, 1.82) is 0 Å². The summed E-state index contributed by atoms with van der Waals surface area (Å²) in [6, 6.07) is 0. The topological polar surface area (TPSA) is 99.5 Å². The van der Waals surface area contributed by atoms with Gasteiger partial charge in [0.15, 0.2) is 6.23 Å². The second kappa shape index (κ2) is 5.70.